The molecule has 2 rings (SSSR count). The molecule has 0 aliphatic rings. The van der Waals surface area contributed by atoms with Gasteiger partial charge >= 0.3 is 5.69 Å². The van der Waals surface area contributed by atoms with Crippen LogP contribution in [0.15, 0.2) is 21.7 Å². The molecule has 0 atom stereocenters. The van der Waals surface area contributed by atoms with E-state index < -0.39 is 5.54 Å². The summed E-state index contributed by atoms with van der Waals surface area (Å²) in [5.74, 6) is 0.813. The Bertz CT molecular complexity index is 602. The number of hydrogen-bond donors (Lipinski definition) is 1. The quantitative estimate of drug-likeness (QED) is 0.858. The SMILES string of the molecule is CCCn1ccn(Cc2nc(C(C)(C)N)no2)c1=O. The van der Waals surface area contributed by atoms with Crippen LogP contribution in [0.25, 0.3) is 0 Å². The maximum atomic E-state index is 12.0. The van der Waals surface area contributed by atoms with Crippen LogP contribution in [-0.4, -0.2) is 19.3 Å². The molecule has 0 aliphatic heterocycles. The van der Waals surface area contributed by atoms with Crippen molar-refractivity contribution in [2.45, 2.75) is 45.8 Å². The minimum Gasteiger partial charge on any atom is -0.337 e. The van der Waals surface area contributed by atoms with Crippen molar-refractivity contribution in [3.05, 3.63) is 34.6 Å². The van der Waals surface area contributed by atoms with Crippen molar-refractivity contribution in [1.82, 2.24) is 19.3 Å². The maximum Gasteiger partial charge on any atom is 0.328 e. The van der Waals surface area contributed by atoms with E-state index in [1.165, 1.54) is 4.57 Å². The third kappa shape index (κ3) is 2.93. The molecule has 2 N–H and O–H groups in total. The summed E-state index contributed by atoms with van der Waals surface area (Å²) >= 11 is 0. The first-order valence-electron chi connectivity index (χ1n) is 6.29. The van der Waals surface area contributed by atoms with Crippen LogP contribution in [0.2, 0.25) is 0 Å². The highest BCUT2D eigenvalue weighted by Crippen LogP contribution is 2.12. The second-order valence-corrected chi connectivity index (χ2v) is 5.14. The predicted octanol–water partition coefficient (Wildman–Crippen LogP) is 0.685. The Morgan fingerprint density at radius 2 is 2.05 bits per heavy atom. The van der Waals surface area contributed by atoms with Crippen molar-refractivity contribution >= 4 is 0 Å². The molecule has 19 heavy (non-hydrogen) atoms. The molecule has 0 amide bonds. The molecule has 0 bridgehead atoms. The molecule has 0 fully saturated rings. The van der Waals surface area contributed by atoms with E-state index in [1.54, 1.807) is 30.8 Å². The van der Waals surface area contributed by atoms with Gasteiger partial charge in [-0.3, -0.25) is 9.13 Å². The van der Waals surface area contributed by atoms with Gasteiger partial charge < -0.3 is 10.3 Å². The number of rotatable bonds is 5. The first kappa shape index (κ1) is 13.5. The van der Waals surface area contributed by atoms with Crippen LogP contribution in [0.5, 0.6) is 0 Å². The summed E-state index contributed by atoms with van der Waals surface area (Å²) < 4.78 is 8.30. The van der Waals surface area contributed by atoms with Crippen molar-refractivity contribution in [2.75, 3.05) is 0 Å². The van der Waals surface area contributed by atoms with Crippen LogP contribution in [0.3, 0.4) is 0 Å². The predicted molar refractivity (Wildman–Crippen MR) is 69.6 cm³/mol. The number of hydrogen-bond acceptors (Lipinski definition) is 5. The molecule has 0 aliphatic carbocycles. The lowest BCUT2D eigenvalue weighted by Crippen LogP contribution is -2.30. The highest BCUT2D eigenvalue weighted by Gasteiger charge is 2.21. The standard InChI is InChI=1S/C12H19N5O2/c1-4-5-16-6-7-17(11(16)18)8-9-14-10(15-19-9)12(2,3)13/h6-7H,4-5,8,13H2,1-3H3. The summed E-state index contributed by atoms with van der Waals surface area (Å²) in [5, 5.41) is 3.82. The Balaban J connectivity index is 2.18. The molecule has 0 unspecified atom stereocenters. The van der Waals surface area contributed by atoms with Crippen molar-refractivity contribution in [3.8, 4) is 0 Å². The van der Waals surface area contributed by atoms with Gasteiger partial charge in [0.05, 0.1) is 5.54 Å². The molecule has 7 nitrogen and oxygen atoms in total. The second kappa shape index (κ2) is 5.00. The largest absolute Gasteiger partial charge is 0.337 e. The van der Waals surface area contributed by atoms with E-state index in [0.29, 0.717) is 18.3 Å². The minimum absolute atomic E-state index is 0.0754. The molecule has 104 valence electrons. The third-order valence-corrected chi connectivity index (χ3v) is 2.73. The van der Waals surface area contributed by atoms with E-state index in [2.05, 4.69) is 10.1 Å². The Kier molecular flexibility index (Phi) is 3.57. The van der Waals surface area contributed by atoms with Crippen molar-refractivity contribution in [3.63, 3.8) is 0 Å². The number of nitrogens with zero attached hydrogens (tertiary/aromatic N) is 4. The Morgan fingerprint density at radius 1 is 1.37 bits per heavy atom. The first-order chi connectivity index (χ1) is 8.91. The topological polar surface area (TPSA) is 91.9 Å². The maximum absolute atomic E-state index is 12.0. The molecule has 2 aromatic heterocycles. The zero-order valence-electron chi connectivity index (χ0n) is 11.5. The Hall–Kier alpha value is -1.89. The summed E-state index contributed by atoms with van der Waals surface area (Å²) in [6.07, 6.45) is 4.39. The molecule has 7 heteroatoms. The zero-order valence-corrected chi connectivity index (χ0v) is 11.5. The molecule has 0 aromatic carbocycles. The van der Waals surface area contributed by atoms with Crippen LogP contribution in [0.1, 0.15) is 38.9 Å². The van der Waals surface area contributed by atoms with E-state index in [4.69, 9.17) is 10.3 Å². The smallest absolute Gasteiger partial charge is 0.328 e. The summed E-state index contributed by atoms with van der Waals surface area (Å²) in [4.78, 5) is 16.2. The molecule has 0 saturated carbocycles. The van der Waals surface area contributed by atoms with Crippen molar-refractivity contribution < 1.29 is 4.52 Å². The third-order valence-electron chi connectivity index (χ3n) is 2.73. The van der Waals surface area contributed by atoms with E-state index in [-0.39, 0.29) is 12.2 Å². The van der Waals surface area contributed by atoms with Crippen LogP contribution < -0.4 is 11.4 Å². The lowest BCUT2D eigenvalue weighted by Gasteiger charge is -2.11. The summed E-state index contributed by atoms with van der Waals surface area (Å²) in [7, 11) is 0. The highest BCUT2D eigenvalue weighted by atomic mass is 16.5. The monoisotopic (exact) mass is 265 g/mol. The lowest BCUT2D eigenvalue weighted by molar-refractivity contribution is 0.353. The van der Waals surface area contributed by atoms with Crippen LogP contribution in [-0.2, 0) is 18.6 Å². The van der Waals surface area contributed by atoms with Crippen LogP contribution >= 0.6 is 0 Å². The molecule has 2 heterocycles. The average Bonchev–Trinajstić information content (AvgIpc) is 2.91. The summed E-state index contributed by atoms with van der Waals surface area (Å²) in [6.45, 7) is 6.59. The fraction of sp³-hybridized carbons (Fsp3) is 0.583. The van der Waals surface area contributed by atoms with Gasteiger partial charge in [-0.15, -0.1) is 0 Å². The molecule has 0 radical (unpaired) electrons. The number of aromatic nitrogens is 4. The molecule has 2 aromatic rings. The number of imidazole rings is 1. The van der Waals surface area contributed by atoms with E-state index in [0.717, 1.165) is 6.42 Å². The van der Waals surface area contributed by atoms with E-state index in [9.17, 15) is 4.79 Å². The number of nitrogens with two attached hydrogens (primary N) is 1. The Morgan fingerprint density at radius 3 is 2.63 bits per heavy atom. The van der Waals surface area contributed by atoms with Gasteiger partial charge in [-0.25, -0.2) is 4.79 Å². The summed E-state index contributed by atoms with van der Waals surface area (Å²) in [5.41, 5.74) is 5.15. The van der Waals surface area contributed by atoms with Gasteiger partial charge in [0.15, 0.2) is 5.82 Å². The highest BCUT2D eigenvalue weighted by molar-refractivity contribution is 4.99. The molecular weight excluding hydrogens is 246 g/mol. The molecular formula is C12H19N5O2. The lowest BCUT2D eigenvalue weighted by atomic mass is 10.1. The van der Waals surface area contributed by atoms with Gasteiger partial charge in [0.1, 0.15) is 6.54 Å². The minimum atomic E-state index is -0.652. The van der Waals surface area contributed by atoms with Gasteiger partial charge in [0.2, 0.25) is 5.89 Å². The zero-order chi connectivity index (χ0) is 14.0. The van der Waals surface area contributed by atoms with Crippen LogP contribution in [0, 0.1) is 0 Å². The molecule has 0 spiro atoms. The fourth-order valence-electron chi connectivity index (χ4n) is 1.71. The second-order valence-electron chi connectivity index (χ2n) is 5.14. The van der Waals surface area contributed by atoms with Gasteiger partial charge in [-0.2, -0.15) is 4.98 Å². The van der Waals surface area contributed by atoms with Gasteiger partial charge in [0.25, 0.3) is 0 Å². The van der Waals surface area contributed by atoms with Crippen LogP contribution in [0.4, 0.5) is 0 Å². The first-order valence-corrected chi connectivity index (χ1v) is 6.29. The molecule has 0 saturated heterocycles. The van der Waals surface area contributed by atoms with Crippen molar-refractivity contribution in [2.24, 2.45) is 5.73 Å². The van der Waals surface area contributed by atoms with Gasteiger partial charge in [-0.1, -0.05) is 12.1 Å². The van der Waals surface area contributed by atoms with E-state index in [1.807, 2.05) is 6.92 Å². The fourth-order valence-corrected chi connectivity index (χ4v) is 1.71. The van der Waals surface area contributed by atoms with Gasteiger partial charge in [0, 0.05) is 18.9 Å². The Labute approximate surface area is 111 Å². The van der Waals surface area contributed by atoms with Crippen molar-refractivity contribution in [1.29, 1.82) is 0 Å². The van der Waals surface area contributed by atoms with Gasteiger partial charge in [-0.05, 0) is 20.3 Å². The number of aryl methyl sites for hydroxylation is 1. The summed E-state index contributed by atoms with van der Waals surface area (Å²) in [6, 6.07) is 0. The average molecular weight is 265 g/mol. The normalized spacial score (nSPS) is 12.0. The van der Waals surface area contributed by atoms with E-state index >= 15 is 0 Å².